The summed E-state index contributed by atoms with van der Waals surface area (Å²) in [5.41, 5.74) is 2.97. The molecule has 0 bridgehead atoms. The van der Waals surface area contributed by atoms with Crippen molar-refractivity contribution in [2.75, 3.05) is 6.61 Å². The molecule has 0 radical (unpaired) electrons. The highest BCUT2D eigenvalue weighted by Crippen LogP contribution is 2.31. The number of aromatic nitrogens is 1. The molecule has 0 aliphatic heterocycles. The summed E-state index contributed by atoms with van der Waals surface area (Å²) >= 11 is 1.48. The second-order valence-corrected chi connectivity index (χ2v) is 7.46. The van der Waals surface area contributed by atoms with Crippen molar-refractivity contribution >= 4 is 33.4 Å². The summed E-state index contributed by atoms with van der Waals surface area (Å²) in [5.74, 6) is -0.545. The van der Waals surface area contributed by atoms with Crippen LogP contribution in [0, 0.1) is 6.92 Å². The van der Waals surface area contributed by atoms with Crippen LogP contribution in [-0.4, -0.2) is 23.5 Å². The first-order chi connectivity index (χ1) is 14.1. The maximum Gasteiger partial charge on any atom is 0.374 e. The van der Waals surface area contributed by atoms with E-state index in [4.69, 9.17) is 9.15 Å². The Labute approximate surface area is 171 Å². The Hall–Kier alpha value is -3.45. The number of benzene rings is 2. The zero-order valence-electron chi connectivity index (χ0n) is 15.7. The highest BCUT2D eigenvalue weighted by atomic mass is 32.1. The molecule has 7 heteroatoms. The number of aryl methyl sites for hydroxylation is 1. The van der Waals surface area contributed by atoms with E-state index < -0.39 is 5.97 Å². The number of fused-ring (bicyclic) bond motifs is 1. The highest BCUT2D eigenvalue weighted by molar-refractivity contribution is 7.21. The minimum atomic E-state index is -0.691. The standard InChI is InChI=1S/C22H18N2O4S/c1-14-6-2-3-7-15(14)12-23-20(25)13-27-22(26)18-11-10-17(28-18)21-24-16-8-4-5-9-19(16)29-21/h2-11H,12-13H2,1H3,(H,23,25). The number of ether oxygens (including phenoxy) is 1. The van der Waals surface area contributed by atoms with Gasteiger partial charge in [-0.3, -0.25) is 4.79 Å². The van der Waals surface area contributed by atoms with Crippen molar-refractivity contribution in [2.24, 2.45) is 0 Å². The van der Waals surface area contributed by atoms with Crippen LogP contribution in [0.15, 0.2) is 65.1 Å². The number of para-hydroxylation sites is 1. The number of thiazole rings is 1. The lowest BCUT2D eigenvalue weighted by Gasteiger charge is -2.08. The fraction of sp³-hybridized carbons (Fsp3) is 0.136. The number of nitrogens with one attached hydrogen (secondary N) is 1. The molecule has 0 aliphatic rings. The number of rotatable bonds is 6. The molecule has 0 saturated carbocycles. The first kappa shape index (κ1) is 18.9. The van der Waals surface area contributed by atoms with Gasteiger partial charge in [0.05, 0.1) is 10.2 Å². The van der Waals surface area contributed by atoms with Crippen molar-refractivity contribution < 1.29 is 18.7 Å². The summed E-state index contributed by atoms with van der Waals surface area (Å²) in [4.78, 5) is 28.6. The molecule has 29 heavy (non-hydrogen) atoms. The third-order valence-electron chi connectivity index (χ3n) is 4.38. The van der Waals surface area contributed by atoms with E-state index >= 15 is 0 Å². The van der Waals surface area contributed by atoms with Crippen LogP contribution in [0.1, 0.15) is 21.7 Å². The predicted octanol–water partition coefficient (Wildman–Crippen LogP) is 4.34. The van der Waals surface area contributed by atoms with Crippen LogP contribution < -0.4 is 5.32 Å². The van der Waals surface area contributed by atoms with Gasteiger partial charge in [0, 0.05) is 6.54 Å². The second kappa shape index (κ2) is 8.28. The molecule has 4 rings (SSSR count). The monoisotopic (exact) mass is 406 g/mol. The van der Waals surface area contributed by atoms with Gasteiger partial charge in [0.1, 0.15) is 0 Å². The fourth-order valence-corrected chi connectivity index (χ4v) is 3.72. The molecule has 1 N–H and O–H groups in total. The lowest BCUT2D eigenvalue weighted by molar-refractivity contribution is -0.124. The van der Waals surface area contributed by atoms with Crippen molar-refractivity contribution in [1.82, 2.24) is 10.3 Å². The molecule has 146 valence electrons. The number of hydrogen-bond acceptors (Lipinski definition) is 6. The highest BCUT2D eigenvalue weighted by Gasteiger charge is 2.17. The van der Waals surface area contributed by atoms with E-state index in [1.165, 1.54) is 17.4 Å². The molecule has 0 unspecified atom stereocenters. The number of carbonyl (C=O) groups is 2. The number of hydrogen-bond donors (Lipinski definition) is 1. The van der Waals surface area contributed by atoms with E-state index in [0.717, 1.165) is 21.3 Å². The van der Waals surface area contributed by atoms with Crippen molar-refractivity contribution in [2.45, 2.75) is 13.5 Å². The quantitative estimate of drug-likeness (QED) is 0.482. The van der Waals surface area contributed by atoms with E-state index in [0.29, 0.717) is 17.3 Å². The Morgan fingerprint density at radius 2 is 1.86 bits per heavy atom. The minimum Gasteiger partial charge on any atom is -0.450 e. The lowest BCUT2D eigenvalue weighted by atomic mass is 10.1. The average molecular weight is 406 g/mol. The Bertz CT molecular complexity index is 1150. The van der Waals surface area contributed by atoms with Crippen LogP contribution >= 0.6 is 11.3 Å². The van der Waals surface area contributed by atoms with Gasteiger partial charge in [-0.2, -0.15) is 0 Å². The zero-order chi connectivity index (χ0) is 20.2. The summed E-state index contributed by atoms with van der Waals surface area (Å²) in [6, 6.07) is 18.7. The first-order valence-corrected chi connectivity index (χ1v) is 9.86. The van der Waals surface area contributed by atoms with Crippen LogP contribution in [0.2, 0.25) is 0 Å². The largest absolute Gasteiger partial charge is 0.450 e. The Morgan fingerprint density at radius 3 is 2.69 bits per heavy atom. The van der Waals surface area contributed by atoms with E-state index in [1.54, 1.807) is 6.07 Å². The molecule has 0 aliphatic carbocycles. The molecule has 2 aromatic carbocycles. The van der Waals surface area contributed by atoms with E-state index in [2.05, 4.69) is 10.3 Å². The Kier molecular flexibility index (Phi) is 5.39. The lowest BCUT2D eigenvalue weighted by Crippen LogP contribution is -2.28. The maximum absolute atomic E-state index is 12.2. The van der Waals surface area contributed by atoms with E-state index in [1.807, 2.05) is 55.5 Å². The SMILES string of the molecule is Cc1ccccc1CNC(=O)COC(=O)c1ccc(-c2nc3ccccc3s2)o1. The van der Waals surface area contributed by atoms with E-state index in [-0.39, 0.29) is 18.3 Å². The molecule has 2 heterocycles. The zero-order valence-corrected chi connectivity index (χ0v) is 16.5. The van der Waals surface area contributed by atoms with Gasteiger partial charge in [-0.1, -0.05) is 36.4 Å². The summed E-state index contributed by atoms with van der Waals surface area (Å²) in [7, 11) is 0. The molecular formula is C22H18N2O4S. The summed E-state index contributed by atoms with van der Waals surface area (Å²) < 4.78 is 11.7. The number of nitrogens with zero attached hydrogens (tertiary/aromatic N) is 1. The fourth-order valence-electron chi connectivity index (χ4n) is 2.80. The van der Waals surface area contributed by atoms with Gasteiger partial charge in [0.25, 0.3) is 5.91 Å². The molecule has 0 fully saturated rings. The molecule has 0 saturated heterocycles. The number of carbonyl (C=O) groups excluding carboxylic acids is 2. The Balaban J connectivity index is 1.33. The van der Waals surface area contributed by atoms with Crippen LogP contribution in [0.5, 0.6) is 0 Å². The number of furan rings is 1. The summed E-state index contributed by atoms with van der Waals surface area (Å²) in [5, 5.41) is 3.42. The maximum atomic E-state index is 12.2. The van der Waals surface area contributed by atoms with Crippen LogP contribution in [-0.2, 0) is 16.1 Å². The molecule has 2 aromatic heterocycles. The van der Waals surface area contributed by atoms with E-state index in [9.17, 15) is 9.59 Å². The average Bonchev–Trinajstić information content (AvgIpc) is 3.38. The van der Waals surface area contributed by atoms with Crippen molar-refractivity contribution in [3.63, 3.8) is 0 Å². The van der Waals surface area contributed by atoms with Crippen LogP contribution in [0.25, 0.3) is 21.0 Å². The molecule has 0 spiro atoms. The first-order valence-electron chi connectivity index (χ1n) is 9.04. The molecule has 1 amide bonds. The minimum absolute atomic E-state index is 0.0333. The molecular weight excluding hydrogens is 388 g/mol. The number of amides is 1. The second-order valence-electron chi connectivity index (χ2n) is 6.43. The van der Waals surface area contributed by atoms with Gasteiger partial charge in [0.2, 0.25) is 5.76 Å². The van der Waals surface area contributed by atoms with Gasteiger partial charge in [-0.25, -0.2) is 9.78 Å². The Morgan fingerprint density at radius 1 is 1.07 bits per heavy atom. The number of esters is 1. The van der Waals surface area contributed by atoms with Gasteiger partial charge in [0.15, 0.2) is 17.4 Å². The smallest absolute Gasteiger partial charge is 0.374 e. The normalized spacial score (nSPS) is 10.8. The molecule has 6 nitrogen and oxygen atoms in total. The van der Waals surface area contributed by atoms with Gasteiger partial charge < -0.3 is 14.5 Å². The van der Waals surface area contributed by atoms with Gasteiger partial charge >= 0.3 is 5.97 Å². The van der Waals surface area contributed by atoms with Crippen molar-refractivity contribution in [1.29, 1.82) is 0 Å². The topological polar surface area (TPSA) is 81.4 Å². The summed E-state index contributed by atoms with van der Waals surface area (Å²) in [6.07, 6.45) is 0. The molecule has 0 atom stereocenters. The van der Waals surface area contributed by atoms with Crippen LogP contribution in [0.3, 0.4) is 0 Å². The van der Waals surface area contributed by atoms with Crippen LogP contribution in [0.4, 0.5) is 0 Å². The summed E-state index contributed by atoms with van der Waals surface area (Å²) in [6.45, 7) is 1.98. The third kappa shape index (κ3) is 4.35. The molecule has 4 aromatic rings. The van der Waals surface area contributed by atoms with Crippen molar-refractivity contribution in [3.8, 4) is 10.8 Å². The van der Waals surface area contributed by atoms with Gasteiger partial charge in [-0.05, 0) is 42.3 Å². The third-order valence-corrected chi connectivity index (χ3v) is 5.43. The van der Waals surface area contributed by atoms with Crippen molar-refractivity contribution in [3.05, 3.63) is 77.6 Å². The van der Waals surface area contributed by atoms with Gasteiger partial charge in [-0.15, -0.1) is 11.3 Å². The predicted molar refractivity (Wildman–Crippen MR) is 111 cm³/mol.